The van der Waals surface area contributed by atoms with E-state index in [0.717, 1.165) is 12.0 Å². The molecule has 1 aromatic carbocycles. The standard InChI is InChI=1S/C14H20FNOS/c1-5-11(10-16-18(17)14(2,3)4)12-6-8-13(15)9-7-12/h6-11H,5H2,1-4H3. The van der Waals surface area contributed by atoms with Crippen LogP contribution in [0, 0.1) is 5.82 Å². The van der Waals surface area contributed by atoms with E-state index < -0.39 is 11.4 Å². The molecule has 1 rings (SSSR count). The van der Waals surface area contributed by atoms with Crippen LogP contribution < -0.4 is 0 Å². The van der Waals surface area contributed by atoms with Crippen LogP contribution in [0.3, 0.4) is 0 Å². The average molecular weight is 269 g/mol. The SMILES string of the molecule is CCC(C=N[S+]([O-])C(C)(C)C)c1ccc(F)cc1. The van der Waals surface area contributed by atoms with E-state index in [1.54, 1.807) is 18.3 Å². The summed E-state index contributed by atoms with van der Waals surface area (Å²) in [7, 11) is 0. The zero-order valence-electron chi connectivity index (χ0n) is 11.3. The van der Waals surface area contributed by atoms with E-state index in [0.29, 0.717) is 0 Å². The lowest BCUT2D eigenvalue weighted by molar-refractivity contribution is 0.561. The predicted octanol–water partition coefficient (Wildman–Crippen LogP) is 3.85. The van der Waals surface area contributed by atoms with E-state index in [2.05, 4.69) is 4.40 Å². The van der Waals surface area contributed by atoms with Crippen molar-refractivity contribution in [1.82, 2.24) is 0 Å². The van der Waals surface area contributed by atoms with Gasteiger partial charge in [0.15, 0.2) is 0 Å². The number of rotatable bonds is 4. The van der Waals surface area contributed by atoms with E-state index in [-0.39, 0.29) is 16.5 Å². The molecule has 0 amide bonds. The van der Waals surface area contributed by atoms with Gasteiger partial charge >= 0.3 is 0 Å². The normalized spacial score (nSPS) is 15.9. The minimum Gasteiger partial charge on any atom is -0.591 e. The summed E-state index contributed by atoms with van der Waals surface area (Å²) >= 11 is -1.24. The molecule has 4 heteroatoms. The van der Waals surface area contributed by atoms with Crippen LogP contribution in [-0.4, -0.2) is 15.5 Å². The van der Waals surface area contributed by atoms with Crippen molar-refractivity contribution in [2.75, 3.05) is 0 Å². The van der Waals surface area contributed by atoms with Crippen molar-refractivity contribution in [1.29, 1.82) is 0 Å². The van der Waals surface area contributed by atoms with Gasteiger partial charge in [-0.1, -0.05) is 23.5 Å². The Balaban J connectivity index is 2.79. The van der Waals surface area contributed by atoms with Gasteiger partial charge in [0.2, 0.25) is 0 Å². The van der Waals surface area contributed by atoms with Crippen molar-refractivity contribution in [3.05, 3.63) is 35.6 Å². The molecule has 0 aliphatic carbocycles. The van der Waals surface area contributed by atoms with E-state index in [9.17, 15) is 8.94 Å². The summed E-state index contributed by atoms with van der Waals surface area (Å²) in [4.78, 5) is 0. The summed E-state index contributed by atoms with van der Waals surface area (Å²) in [5.41, 5.74) is 0.994. The zero-order chi connectivity index (χ0) is 13.8. The Kier molecular flexibility index (Phi) is 5.35. The molecule has 0 bridgehead atoms. The van der Waals surface area contributed by atoms with Crippen LogP contribution in [0.5, 0.6) is 0 Å². The molecule has 0 aliphatic rings. The molecule has 0 aliphatic heterocycles. The van der Waals surface area contributed by atoms with Crippen LogP contribution >= 0.6 is 0 Å². The number of benzene rings is 1. The van der Waals surface area contributed by atoms with Crippen molar-refractivity contribution in [3.63, 3.8) is 0 Å². The Morgan fingerprint density at radius 2 is 1.89 bits per heavy atom. The molecule has 2 atom stereocenters. The van der Waals surface area contributed by atoms with Crippen molar-refractivity contribution in [3.8, 4) is 0 Å². The first-order valence-corrected chi connectivity index (χ1v) is 7.17. The Bertz CT molecular complexity index is 397. The molecule has 0 fully saturated rings. The quantitative estimate of drug-likeness (QED) is 0.604. The summed E-state index contributed by atoms with van der Waals surface area (Å²) in [5.74, 6) is -0.166. The van der Waals surface area contributed by atoms with Gasteiger partial charge in [0.05, 0.1) is 6.21 Å². The molecule has 100 valence electrons. The largest absolute Gasteiger partial charge is 0.591 e. The molecule has 1 aromatic rings. The third-order valence-corrected chi connectivity index (χ3v) is 3.96. The number of halogens is 1. The van der Waals surface area contributed by atoms with Gasteiger partial charge in [-0.05, 0) is 44.9 Å². The summed E-state index contributed by atoms with van der Waals surface area (Å²) in [6.07, 6.45) is 2.56. The van der Waals surface area contributed by atoms with Gasteiger partial charge in [0.1, 0.15) is 21.9 Å². The zero-order valence-corrected chi connectivity index (χ0v) is 12.1. The maximum Gasteiger partial charge on any atom is 0.144 e. The molecular weight excluding hydrogens is 249 g/mol. The smallest absolute Gasteiger partial charge is 0.144 e. The third-order valence-electron chi connectivity index (χ3n) is 2.60. The molecule has 0 spiro atoms. The Hall–Kier alpha value is -0.870. The van der Waals surface area contributed by atoms with Crippen molar-refractivity contribution in [2.24, 2.45) is 4.40 Å². The maximum atomic E-state index is 12.8. The molecule has 0 N–H and O–H groups in total. The average Bonchev–Trinajstić information content (AvgIpc) is 2.30. The molecule has 0 saturated carbocycles. The molecule has 0 heterocycles. The van der Waals surface area contributed by atoms with Gasteiger partial charge in [-0.2, -0.15) is 0 Å². The van der Waals surface area contributed by atoms with Gasteiger partial charge in [-0.15, -0.1) is 0 Å². The number of hydrogen-bond donors (Lipinski definition) is 0. The molecular formula is C14H20FNOS. The summed E-state index contributed by atoms with van der Waals surface area (Å²) < 4.78 is 28.4. The first-order chi connectivity index (χ1) is 8.34. The van der Waals surface area contributed by atoms with Crippen LogP contribution in [0.2, 0.25) is 0 Å². The second-order valence-corrected chi connectivity index (χ2v) is 7.12. The fourth-order valence-electron chi connectivity index (χ4n) is 1.42. The first kappa shape index (κ1) is 15.2. The molecule has 0 saturated heterocycles. The minimum atomic E-state index is -1.24. The highest BCUT2D eigenvalue weighted by atomic mass is 32.2. The molecule has 18 heavy (non-hydrogen) atoms. The topological polar surface area (TPSA) is 35.4 Å². The molecule has 2 nitrogen and oxygen atoms in total. The van der Waals surface area contributed by atoms with Crippen molar-refractivity contribution in [2.45, 2.75) is 44.8 Å². The lowest BCUT2D eigenvalue weighted by Crippen LogP contribution is -2.26. The fraction of sp³-hybridized carbons (Fsp3) is 0.500. The molecule has 2 unspecified atom stereocenters. The highest BCUT2D eigenvalue weighted by molar-refractivity contribution is 7.91. The highest BCUT2D eigenvalue weighted by Crippen LogP contribution is 2.21. The number of nitrogens with zero attached hydrogens (tertiary/aromatic N) is 1. The third kappa shape index (κ3) is 4.42. The van der Waals surface area contributed by atoms with Gasteiger partial charge in [0, 0.05) is 5.92 Å². The van der Waals surface area contributed by atoms with E-state index >= 15 is 0 Å². The van der Waals surface area contributed by atoms with Gasteiger partial charge in [-0.25, -0.2) is 4.39 Å². The highest BCUT2D eigenvalue weighted by Gasteiger charge is 2.26. The van der Waals surface area contributed by atoms with E-state index in [1.165, 1.54) is 12.1 Å². The number of hydrogen-bond acceptors (Lipinski definition) is 2. The van der Waals surface area contributed by atoms with Crippen LogP contribution in [-0.2, 0) is 11.4 Å². The second-order valence-electron chi connectivity index (χ2n) is 5.18. The Morgan fingerprint density at radius 1 is 1.33 bits per heavy atom. The lowest BCUT2D eigenvalue weighted by Gasteiger charge is -2.18. The fourth-order valence-corrected chi connectivity index (χ4v) is 2.00. The predicted molar refractivity (Wildman–Crippen MR) is 75.8 cm³/mol. The molecule has 0 aromatic heterocycles. The van der Waals surface area contributed by atoms with Gasteiger partial charge in [-0.3, -0.25) is 0 Å². The maximum absolute atomic E-state index is 12.8. The monoisotopic (exact) mass is 269 g/mol. The van der Waals surface area contributed by atoms with Crippen molar-refractivity contribution < 1.29 is 8.94 Å². The lowest BCUT2D eigenvalue weighted by atomic mass is 9.98. The van der Waals surface area contributed by atoms with Gasteiger partial charge in [0.25, 0.3) is 0 Å². The second kappa shape index (κ2) is 6.34. The van der Waals surface area contributed by atoms with Crippen LogP contribution in [0.1, 0.15) is 45.6 Å². The Morgan fingerprint density at radius 3 is 2.33 bits per heavy atom. The van der Waals surface area contributed by atoms with E-state index in [1.807, 2.05) is 27.7 Å². The van der Waals surface area contributed by atoms with Gasteiger partial charge < -0.3 is 4.55 Å². The van der Waals surface area contributed by atoms with Crippen LogP contribution in [0.15, 0.2) is 28.7 Å². The minimum absolute atomic E-state index is 0.0805. The van der Waals surface area contributed by atoms with E-state index in [4.69, 9.17) is 0 Å². The van der Waals surface area contributed by atoms with Crippen LogP contribution in [0.4, 0.5) is 4.39 Å². The van der Waals surface area contributed by atoms with Crippen molar-refractivity contribution >= 4 is 17.6 Å². The summed E-state index contributed by atoms with van der Waals surface area (Å²) in [6, 6.07) is 6.37. The Labute approximate surface area is 112 Å². The first-order valence-electron chi connectivity index (χ1n) is 6.06. The summed E-state index contributed by atoms with van der Waals surface area (Å²) in [6.45, 7) is 7.69. The summed E-state index contributed by atoms with van der Waals surface area (Å²) in [5, 5.41) is 0. The van der Waals surface area contributed by atoms with Crippen LogP contribution in [0.25, 0.3) is 0 Å². The molecule has 0 radical (unpaired) electrons.